The molecular weight excluding hydrogens is 518 g/mol. The zero-order valence-electron chi connectivity index (χ0n) is 23.4. The van der Waals surface area contributed by atoms with Crippen LogP contribution in [0, 0.1) is 34.5 Å². The standard InChI is InChI=1S/C30H36F2N4O4/c1-16(2)10-22(34-26(39)24(28(3,4)5)36-25(38)20-14-30(20,31)32)23(37)11-17-12-29(13-18(17)15-33)19-8-6-7-9-21(19)35-27(29)40/h6-9,11,16,18,20,22,24H,10,12-14H2,1-5H3,(H,34,39)(H,35,40)(H,36,38)/b17-11-/t18-,20-,22-,24+,29+/m0/s1. The maximum atomic E-state index is 13.6. The summed E-state index contributed by atoms with van der Waals surface area (Å²) in [5.41, 5.74) is 0.265. The molecule has 0 bridgehead atoms. The molecule has 3 aliphatic rings. The van der Waals surface area contributed by atoms with E-state index in [0.29, 0.717) is 11.3 Å². The van der Waals surface area contributed by atoms with Crippen molar-refractivity contribution in [2.24, 2.45) is 23.2 Å². The molecule has 8 nitrogen and oxygen atoms in total. The Bertz CT molecular complexity index is 1310. The minimum atomic E-state index is -3.07. The molecular formula is C30H36F2N4O4. The lowest BCUT2D eigenvalue weighted by molar-refractivity contribution is -0.134. The normalized spacial score (nSPS) is 27.1. The van der Waals surface area contributed by atoms with Crippen molar-refractivity contribution in [3.05, 3.63) is 41.5 Å². The SMILES string of the molecule is CC(C)C[C@H](NC(=O)[C@@H](NC(=O)[C@@H]1CC1(F)F)C(C)(C)C)C(=O)/C=C1/C[C@]2(C[C@H]1C#N)C(=O)Nc1ccccc12. The number of amides is 3. The molecule has 3 amide bonds. The second kappa shape index (κ2) is 10.4. The molecule has 5 atom stereocenters. The van der Waals surface area contributed by atoms with Crippen LogP contribution in [0.2, 0.25) is 0 Å². The first kappa shape index (κ1) is 29.4. The average Bonchev–Trinajstić information content (AvgIpc) is 3.22. The molecule has 3 N–H and O–H groups in total. The second-order valence-electron chi connectivity index (χ2n) is 12.8. The molecule has 1 heterocycles. The average molecular weight is 555 g/mol. The fraction of sp³-hybridized carbons (Fsp3) is 0.567. The van der Waals surface area contributed by atoms with Crippen molar-refractivity contribution in [2.75, 3.05) is 5.32 Å². The van der Waals surface area contributed by atoms with E-state index in [4.69, 9.17) is 0 Å². The third-order valence-electron chi connectivity index (χ3n) is 8.04. The van der Waals surface area contributed by atoms with Gasteiger partial charge in [-0.3, -0.25) is 19.2 Å². The maximum absolute atomic E-state index is 13.6. The number of nitrogens with zero attached hydrogens (tertiary/aromatic N) is 1. The Labute approximate surface area is 233 Å². The number of allylic oxidation sites excluding steroid dienone is 1. The van der Waals surface area contributed by atoms with Crippen LogP contribution in [0.1, 0.15) is 65.9 Å². The first-order valence-corrected chi connectivity index (χ1v) is 13.6. The topological polar surface area (TPSA) is 128 Å². The van der Waals surface area contributed by atoms with Gasteiger partial charge in [0.25, 0.3) is 5.92 Å². The number of fused-ring (bicyclic) bond motifs is 2. The molecule has 2 fully saturated rings. The van der Waals surface area contributed by atoms with Crippen LogP contribution in [0.5, 0.6) is 0 Å². The van der Waals surface area contributed by atoms with Gasteiger partial charge in [-0.25, -0.2) is 8.78 Å². The zero-order chi connectivity index (χ0) is 29.6. The van der Waals surface area contributed by atoms with Gasteiger partial charge in [0.15, 0.2) is 5.78 Å². The monoisotopic (exact) mass is 554 g/mol. The van der Waals surface area contributed by atoms with Crippen molar-refractivity contribution in [1.82, 2.24) is 10.6 Å². The van der Waals surface area contributed by atoms with Gasteiger partial charge in [0.1, 0.15) is 12.0 Å². The predicted octanol–water partition coefficient (Wildman–Crippen LogP) is 4.02. The highest BCUT2D eigenvalue weighted by Gasteiger charge is 2.62. The van der Waals surface area contributed by atoms with Gasteiger partial charge >= 0.3 is 0 Å². The number of rotatable bonds is 8. The van der Waals surface area contributed by atoms with E-state index < -0.39 is 64.7 Å². The molecule has 1 aromatic carbocycles. The molecule has 10 heteroatoms. The van der Waals surface area contributed by atoms with Crippen molar-refractivity contribution in [2.45, 2.75) is 83.7 Å². The summed E-state index contributed by atoms with van der Waals surface area (Å²) in [5, 5.41) is 18.0. The third-order valence-corrected chi connectivity index (χ3v) is 8.04. The quantitative estimate of drug-likeness (QED) is 0.418. The number of para-hydroxylation sites is 1. The molecule has 4 rings (SSSR count). The molecule has 40 heavy (non-hydrogen) atoms. The highest BCUT2D eigenvalue weighted by Crippen LogP contribution is 2.53. The summed E-state index contributed by atoms with van der Waals surface area (Å²) in [7, 11) is 0. The van der Waals surface area contributed by atoms with Gasteiger partial charge in [-0.05, 0) is 53.9 Å². The molecule has 1 aliphatic heterocycles. The summed E-state index contributed by atoms with van der Waals surface area (Å²) in [6.45, 7) is 8.87. The van der Waals surface area contributed by atoms with E-state index >= 15 is 0 Å². The highest BCUT2D eigenvalue weighted by atomic mass is 19.3. The second-order valence-corrected chi connectivity index (χ2v) is 12.8. The van der Waals surface area contributed by atoms with Crippen LogP contribution in [-0.4, -0.2) is 41.5 Å². The Morgan fingerprint density at radius 1 is 1.18 bits per heavy atom. The van der Waals surface area contributed by atoms with E-state index in [1.54, 1.807) is 26.8 Å². The van der Waals surface area contributed by atoms with Gasteiger partial charge in [0.2, 0.25) is 17.7 Å². The van der Waals surface area contributed by atoms with E-state index in [1.807, 2.05) is 32.0 Å². The number of nitriles is 1. The van der Waals surface area contributed by atoms with Crippen LogP contribution in [0.4, 0.5) is 14.5 Å². The van der Waals surface area contributed by atoms with Gasteiger partial charge in [0, 0.05) is 12.1 Å². The van der Waals surface area contributed by atoms with Crippen LogP contribution >= 0.6 is 0 Å². The largest absolute Gasteiger partial charge is 0.344 e. The summed E-state index contributed by atoms with van der Waals surface area (Å²) >= 11 is 0. The molecule has 0 unspecified atom stereocenters. The number of carbonyl (C=O) groups excluding carboxylic acids is 4. The van der Waals surface area contributed by atoms with Crippen molar-refractivity contribution < 1.29 is 28.0 Å². The molecule has 0 saturated heterocycles. The molecule has 2 aliphatic carbocycles. The molecule has 214 valence electrons. The molecule has 1 aromatic rings. The molecule has 1 spiro atoms. The maximum Gasteiger partial charge on any atom is 0.260 e. The Kier molecular flexibility index (Phi) is 7.65. The highest BCUT2D eigenvalue weighted by molar-refractivity contribution is 6.07. The summed E-state index contributed by atoms with van der Waals surface area (Å²) in [4.78, 5) is 52.4. The van der Waals surface area contributed by atoms with Gasteiger partial charge in [-0.15, -0.1) is 0 Å². The third kappa shape index (κ3) is 5.65. The van der Waals surface area contributed by atoms with Gasteiger partial charge < -0.3 is 16.0 Å². The number of halogens is 2. The lowest BCUT2D eigenvalue weighted by Gasteiger charge is -2.32. The van der Waals surface area contributed by atoms with Crippen LogP contribution in [0.15, 0.2) is 35.9 Å². The van der Waals surface area contributed by atoms with E-state index in [9.17, 15) is 33.2 Å². The number of carbonyl (C=O) groups is 4. The lowest BCUT2D eigenvalue weighted by Crippen LogP contribution is -2.57. The van der Waals surface area contributed by atoms with Crippen molar-refractivity contribution >= 4 is 29.2 Å². The number of hydrogen-bond donors (Lipinski definition) is 3. The Hall–Kier alpha value is -3.61. The van der Waals surface area contributed by atoms with Crippen LogP contribution in [0.3, 0.4) is 0 Å². The van der Waals surface area contributed by atoms with Gasteiger partial charge in [0.05, 0.1) is 23.4 Å². The minimum absolute atomic E-state index is 0.00894. The first-order valence-electron chi connectivity index (χ1n) is 13.6. The summed E-state index contributed by atoms with van der Waals surface area (Å²) in [5.74, 6) is -7.34. The molecule has 2 saturated carbocycles. The Morgan fingerprint density at radius 2 is 1.82 bits per heavy atom. The van der Waals surface area contributed by atoms with E-state index in [2.05, 4.69) is 22.0 Å². The van der Waals surface area contributed by atoms with Gasteiger partial charge in [-0.2, -0.15) is 5.26 Å². The smallest absolute Gasteiger partial charge is 0.260 e. The molecule has 0 aromatic heterocycles. The van der Waals surface area contributed by atoms with E-state index in [0.717, 1.165) is 5.56 Å². The first-order chi connectivity index (χ1) is 18.6. The Morgan fingerprint density at radius 3 is 2.40 bits per heavy atom. The fourth-order valence-electron chi connectivity index (χ4n) is 5.73. The Balaban J connectivity index is 1.56. The number of anilines is 1. The minimum Gasteiger partial charge on any atom is -0.344 e. The fourth-order valence-corrected chi connectivity index (χ4v) is 5.73. The van der Waals surface area contributed by atoms with Crippen LogP contribution in [-0.2, 0) is 24.6 Å². The molecule has 0 radical (unpaired) electrons. The number of nitrogens with one attached hydrogen (secondary N) is 3. The summed E-state index contributed by atoms with van der Waals surface area (Å²) < 4.78 is 26.9. The van der Waals surface area contributed by atoms with Crippen molar-refractivity contribution in [1.29, 1.82) is 5.26 Å². The van der Waals surface area contributed by atoms with E-state index in [1.165, 1.54) is 6.08 Å². The lowest BCUT2D eigenvalue weighted by atomic mass is 9.79. The van der Waals surface area contributed by atoms with Crippen LogP contribution < -0.4 is 16.0 Å². The van der Waals surface area contributed by atoms with Crippen LogP contribution in [0.25, 0.3) is 0 Å². The van der Waals surface area contributed by atoms with Gasteiger partial charge in [-0.1, -0.05) is 52.8 Å². The number of alkyl halides is 2. The van der Waals surface area contributed by atoms with Crippen molar-refractivity contribution in [3.63, 3.8) is 0 Å². The number of hydrogen-bond acceptors (Lipinski definition) is 5. The number of ketones is 1. The summed E-state index contributed by atoms with van der Waals surface area (Å²) in [6, 6.07) is 7.42. The summed E-state index contributed by atoms with van der Waals surface area (Å²) in [6.07, 6.45) is 1.56. The predicted molar refractivity (Wildman–Crippen MR) is 144 cm³/mol. The zero-order valence-corrected chi connectivity index (χ0v) is 23.4. The number of benzene rings is 1. The van der Waals surface area contributed by atoms with E-state index in [-0.39, 0.29) is 31.1 Å². The van der Waals surface area contributed by atoms with Crippen molar-refractivity contribution in [3.8, 4) is 6.07 Å².